The van der Waals surface area contributed by atoms with Crippen molar-refractivity contribution < 1.29 is 14.7 Å². The average Bonchev–Trinajstić information content (AvgIpc) is 2.47. The minimum absolute atomic E-state index is 0.0217. The molecule has 122 valence electrons. The van der Waals surface area contributed by atoms with Gasteiger partial charge in [0.25, 0.3) is 0 Å². The predicted molar refractivity (Wildman–Crippen MR) is 81.4 cm³/mol. The van der Waals surface area contributed by atoms with Crippen LogP contribution >= 0.6 is 0 Å². The van der Waals surface area contributed by atoms with Crippen LogP contribution in [0.1, 0.15) is 39.5 Å². The van der Waals surface area contributed by atoms with E-state index in [1.165, 1.54) is 0 Å². The zero-order valence-corrected chi connectivity index (χ0v) is 13.2. The van der Waals surface area contributed by atoms with Gasteiger partial charge in [0.05, 0.1) is 0 Å². The number of likely N-dealkylation sites (tertiary alicyclic amines) is 1. The Morgan fingerprint density at radius 3 is 2.48 bits per heavy atom. The van der Waals surface area contributed by atoms with Gasteiger partial charge in [0.15, 0.2) is 0 Å². The lowest BCUT2D eigenvalue weighted by Crippen LogP contribution is -2.45. The Bertz CT molecular complexity index is 339. The highest BCUT2D eigenvalue weighted by atomic mass is 16.3. The smallest absolute Gasteiger partial charge is 0.224 e. The van der Waals surface area contributed by atoms with Crippen molar-refractivity contribution >= 4 is 11.8 Å². The van der Waals surface area contributed by atoms with E-state index < -0.39 is 0 Å². The molecule has 1 rings (SSSR count). The van der Waals surface area contributed by atoms with Crippen molar-refractivity contribution in [2.24, 2.45) is 17.6 Å². The van der Waals surface area contributed by atoms with Crippen molar-refractivity contribution in [1.29, 1.82) is 0 Å². The number of piperidine rings is 1. The summed E-state index contributed by atoms with van der Waals surface area (Å²) < 4.78 is 0. The van der Waals surface area contributed by atoms with Gasteiger partial charge in [-0.15, -0.1) is 0 Å². The van der Waals surface area contributed by atoms with Crippen molar-refractivity contribution in [3.8, 4) is 0 Å². The standard InChI is InChI=1S/C15H29N3O3/c1-11(2)13(16)10-14(20)18-7-4-12(5-8-18)15(21)17-6-3-9-19/h11-13,19H,3-10,16H2,1-2H3,(H,17,21). The van der Waals surface area contributed by atoms with E-state index in [1.54, 1.807) is 0 Å². The molecule has 1 aliphatic rings. The second kappa shape index (κ2) is 9.00. The van der Waals surface area contributed by atoms with Crippen molar-refractivity contribution in [3.05, 3.63) is 0 Å². The Labute approximate surface area is 127 Å². The van der Waals surface area contributed by atoms with Gasteiger partial charge < -0.3 is 21.1 Å². The maximum absolute atomic E-state index is 12.1. The van der Waals surface area contributed by atoms with Gasteiger partial charge >= 0.3 is 0 Å². The number of aliphatic hydroxyl groups excluding tert-OH is 1. The molecule has 0 aromatic carbocycles. The fourth-order valence-corrected chi connectivity index (χ4v) is 2.39. The number of rotatable bonds is 7. The molecule has 0 saturated carbocycles. The molecule has 0 bridgehead atoms. The van der Waals surface area contributed by atoms with Crippen LogP contribution in [0.3, 0.4) is 0 Å². The van der Waals surface area contributed by atoms with E-state index in [-0.39, 0.29) is 30.4 Å². The highest BCUT2D eigenvalue weighted by Gasteiger charge is 2.27. The van der Waals surface area contributed by atoms with Crippen LogP contribution in [0.2, 0.25) is 0 Å². The zero-order chi connectivity index (χ0) is 15.8. The molecular weight excluding hydrogens is 270 g/mol. The van der Waals surface area contributed by atoms with Gasteiger partial charge in [0.1, 0.15) is 0 Å². The molecule has 1 fully saturated rings. The number of nitrogens with two attached hydrogens (primary N) is 1. The molecular formula is C15H29N3O3. The van der Waals surface area contributed by atoms with E-state index >= 15 is 0 Å². The maximum Gasteiger partial charge on any atom is 0.224 e. The summed E-state index contributed by atoms with van der Waals surface area (Å²) in [6.07, 6.45) is 2.36. The predicted octanol–water partition coefficient (Wildman–Crippen LogP) is 0.0970. The molecule has 1 unspecified atom stereocenters. The van der Waals surface area contributed by atoms with Gasteiger partial charge in [-0.05, 0) is 25.2 Å². The highest BCUT2D eigenvalue weighted by molar-refractivity contribution is 5.80. The first-order valence-electron chi connectivity index (χ1n) is 7.87. The van der Waals surface area contributed by atoms with Crippen LogP contribution in [-0.2, 0) is 9.59 Å². The van der Waals surface area contributed by atoms with Crippen LogP contribution < -0.4 is 11.1 Å². The third kappa shape index (κ3) is 6.01. The SMILES string of the molecule is CC(C)C(N)CC(=O)N1CCC(C(=O)NCCCO)CC1. The normalized spacial score (nSPS) is 17.9. The molecule has 0 aromatic heterocycles. The summed E-state index contributed by atoms with van der Waals surface area (Å²) >= 11 is 0. The molecule has 6 nitrogen and oxygen atoms in total. The van der Waals surface area contributed by atoms with E-state index in [0.717, 1.165) is 0 Å². The van der Waals surface area contributed by atoms with Crippen molar-refractivity contribution in [2.75, 3.05) is 26.2 Å². The number of carbonyl (C=O) groups excluding carboxylic acids is 2. The topological polar surface area (TPSA) is 95.7 Å². The molecule has 21 heavy (non-hydrogen) atoms. The van der Waals surface area contributed by atoms with E-state index in [0.29, 0.717) is 51.2 Å². The average molecular weight is 299 g/mol. The van der Waals surface area contributed by atoms with Gasteiger partial charge in [0, 0.05) is 44.6 Å². The summed E-state index contributed by atoms with van der Waals surface area (Å²) in [5.74, 6) is 0.403. The summed E-state index contributed by atoms with van der Waals surface area (Å²) in [5.41, 5.74) is 5.94. The molecule has 1 aliphatic heterocycles. The highest BCUT2D eigenvalue weighted by Crippen LogP contribution is 2.18. The molecule has 1 heterocycles. The van der Waals surface area contributed by atoms with E-state index in [2.05, 4.69) is 5.32 Å². The number of carbonyl (C=O) groups is 2. The van der Waals surface area contributed by atoms with E-state index in [4.69, 9.17) is 10.8 Å². The van der Waals surface area contributed by atoms with Crippen LogP contribution in [0.25, 0.3) is 0 Å². The molecule has 4 N–H and O–H groups in total. The molecule has 0 spiro atoms. The van der Waals surface area contributed by atoms with Crippen molar-refractivity contribution in [1.82, 2.24) is 10.2 Å². The number of amides is 2. The molecule has 1 atom stereocenters. The lowest BCUT2D eigenvalue weighted by atomic mass is 9.94. The summed E-state index contributed by atoms with van der Waals surface area (Å²) in [5, 5.41) is 11.5. The van der Waals surface area contributed by atoms with Crippen LogP contribution in [0.5, 0.6) is 0 Å². The third-order valence-electron chi connectivity index (χ3n) is 4.12. The quantitative estimate of drug-likeness (QED) is 0.581. The van der Waals surface area contributed by atoms with Crippen LogP contribution in [0, 0.1) is 11.8 Å². The molecule has 1 saturated heterocycles. The molecule has 2 amide bonds. The third-order valence-corrected chi connectivity index (χ3v) is 4.12. The van der Waals surface area contributed by atoms with Gasteiger partial charge in [-0.25, -0.2) is 0 Å². The summed E-state index contributed by atoms with van der Waals surface area (Å²) in [4.78, 5) is 25.8. The molecule has 0 aromatic rings. The number of nitrogens with one attached hydrogen (secondary N) is 1. The Morgan fingerprint density at radius 1 is 1.33 bits per heavy atom. The lowest BCUT2D eigenvalue weighted by Gasteiger charge is -2.32. The number of hydrogen-bond donors (Lipinski definition) is 3. The summed E-state index contributed by atoms with van der Waals surface area (Å²) in [6.45, 7) is 5.88. The fraction of sp³-hybridized carbons (Fsp3) is 0.867. The molecule has 0 radical (unpaired) electrons. The second-order valence-corrected chi connectivity index (χ2v) is 6.14. The Hall–Kier alpha value is -1.14. The first kappa shape index (κ1) is 17.9. The fourth-order valence-electron chi connectivity index (χ4n) is 2.39. The molecule has 6 heteroatoms. The first-order valence-corrected chi connectivity index (χ1v) is 7.87. The van der Waals surface area contributed by atoms with Crippen molar-refractivity contribution in [2.45, 2.75) is 45.6 Å². The molecule has 0 aliphatic carbocycles. The second-order valence-electron chi connectivity index (χ2n) is 6.14. The van der Waals surface area contributed by atoms with E-state index in [9.17, 15) is 9.59 Å². The lowest BCUT2D eigenvalue weighted by molar-refractivity contribution is -0.136. The van der Waals surface area contributed by atoms with Crippen molar-refractivity contribution in [3.63, 3.8) is 0 Å². The van der Waals surface area contributed by atoms with Gasteiger partial charge in [-0.3, -0.25) is 9.59 Å². The number of nitrogens with zero attached hydrogens (tertiary/aromatic N) is 1. The van der Waals surface area contributed by atoms with E-state index in [1.807, 2.05) is 18.7 Å². The number of hydrogen-bond acceptors (Lipinski definition) is 4. The Morgan fingerprint density at radius 2 is 1.95 bits per heavy atom. The summed E-state index contributed by atoms with van der Waals surface area (Å²) in [6, 6.07) is -0.1000. The minimum Gasteiger partial charge on any atom is -0.396 e. The zero-order valence-electron chi connectivity index (χ0n) is 13.2. The summed E-state index contributed by atoms with van der Waals surface area (Å²) in [7, 11) is 0. The maximum atomic E-state index is 12.1. The minimum atomic E-state index is -0.1000. The van der Waals surface area contributed by atoms with Gasteiger partial charge in [0.2, 0.25) is 11.8 Å². The van der Waals surface area contributed by atoms with Crippen LogP contribution in [0.4, 0.5) is 0 Å². The monoisotopic (exact) mass is 299 g/mol. The first-order chi connectivity index (χ1) is 9.95. The number of aliphatic hydroxyl groups is 1. The Balaban J connectivity index is 2.31. The van der Waals surface area contributed by atoms with Gasteiger partial charge in [-0.2, -0.15) is 0 Å². The van der Waals surface area contributed by atoms with Crippen LogP contribution in [0.15, 0.2) is 0 Å². The van der Waals surface area contributed by atoms with Gasteiger partial charge in [-0.1, -0.05) is 13.8 Å². The largest absolute Gasteiger partial charge is 0.396 e. The Kier molecular flexibility index (Phi) is 7.67. The van der Waals surface area contributed by atoms with Crippen LogP contribution in [-0.4, -0.2) is 54.1 Å².